The van der Waals surface area contributed by atoms with Crippen LogP contribution in [0.15, 0.2) is 24.4 Å². The Balaban J connectivity index is 2.42. The van der Waals surface area contributed by atoms with E-state index in [0.717, 1.165) is 0 Å². The van der Waals surface area contributed by atoms with Crippen molar-refractivity contribution in [1.82, 2.24) is 4.98 Å². The van der Waals surface area contributed by atoms with Gasteiger partial charge in [0.05, 0.1) is 4.92 Å². The second kappa shape index (κ2) is 4.58. The van der Waals surface area contributed by atoms with Gasteiger partial charge in [-0.05, 0) is 17.9 Å². The molecule has 0 amide bonds. The number of H-pyrrole nitrogens is 1. The first-order chi connectivity index (χ1) is 8.80. The van der Waals surface area contributed by atoms with E-state index in [-0.39, 0.29) is 11.2 Å². The van der Waals surface area contributed by atoms with Crippen LogP contribution in [-0.2, 0) is 6.42 Å². The number of para-hydroxylation sites is 1. The topological polar surface area (TPSA) is 85.0 Å². The zero-order valence-electron chi connectivity index (χ0n) is 9.65. The van der Waals surface area contributed by atoms with E-state index >= 15 is 0 Å². The van der Waals surface area contributed by atoms with E-state index in [0.29, 0.717) is 10.9 Å². The number of non-ortho nitro benzene ring substituents is 1. The molecule has 1 heterocycles. The number of nitrogens with two attached hydrogens (primary N) is 1. The Hall–Kier alpha value is -2.03. The highest BCUT2D eigenvalue weighted by atomic mass is 19.4. The van der Waals surface area contributed by atoms with Crippen LogP contribution in [0, 0.1) is 10.1 Å². The van der Waals surface area contributed by atoms with Crippen molar-refractivity contribution in [2.45, 2.75) is 12.4 Å². The minimum atomic E-state index is -5.13. The molecule has 102 valence electrons. The van der Waals surface area contributed by atoms with Gasteiger partial charge in [0.2, 0.25) is 0 Å². The lowest BCUT2D eigenvalue weighted by atomic mass is 9.76. The molecule has 0 aliphatic heterocycles. The van der Waals surface area contributed by atoms with E-state index in [1.54, 1.807) is 0 Å². The fourth-order valence-corrected chi connectivity index (χ4v) is 1.91. The van der Waals surface area contributed by atoms with Gasteiger partial charge in [-0.15, -0.1) is 0 Å². The standard InChI is InChI=1S/C10H10BF3N3O2/c12-11(13,14)9(15)4-6-5-16-10-7(6)2-1-3-8(10)17(18)19/h1-3,5,9,16H,4,15H2/q-1. The van der Waals surface area contributed by atoms with Gasteiger partial charge in [-0.1, -0.05) is 12.1 Å². The van der Waals surface area contributed by atoms with Gasteiger partial charge in [0.25, 0.3) is 5.69 Å². The van der Waals surface area contributed by atoms with E-state index < -0.39 is 24.3 Å². The minimum Gasteiger partial charge on any atom is -0.448 e. The fourth-order valence-electron chi connectivity index (χ4n) is 1.91. The first-order valence-electron chi connectivity index (χ1n) is 5.49. The Kier molecular flexibility index (Phi) is 3.23. The summed E-state index contributed by atoms with van der Waals surface area (Å²) in [6, 6.07) is 4.25. The number of benzene rings is 1. The summed E-state index contributed by atoms with van der Waals surface area (Å²) in [6.07, 6.45) is 0.935. The van der Waals surface area contributed by atoms with E-state index in [2.05, 4.69) is 4.98 Å². The summed E-state index contributed by atoms with van der Waals surface area (Å²) in [7, 11) is 0. The number of nitrogens with one attached hydrogen (secondary N) is 1. The van der Waals surface area contributed by atoms with Gasteiger partial charge < -0.3 is 23.7 Å². The average molecular weight is 272 g/mol. The molecule has 0 spiro atoms. The summed E-state index contributed by atoms with van der Waals surface area (Å²) in [4.78, 5) is 12.8. The predicted octanol–water partition coefficient (Wildman–Crippen LogP) is 2.33. The highest BCUT2D eigenvalue weighted by molar-refractivity contribution is 6.60. The molecule has 19 heavy (non-hydrogen) atoms. The molecular formula is C10H10BF3N3O2-. The van der Waals surface area contributed by atoms with Crippen LogP contribution in [0.5, 0.6) is 0 Å². The number of fused-ring (bicyclic) bond motifs is 1. The van der Waals surface area contributed by atoms with Crippen LogP contribution in [0.2, 0.25) is 0 Å². The van der Waals surface area contributed by atoms with Gasteiger partial charge in [0.1, 0.15) is 5.52 Å². The molecule has 0 saturated carbocycles. The fraction of sp³-hybridized carbons (Fsp3) is 0.200. The molecule has 0 saturated heterocycles. The molecule has 3 N–H and O–H groups in total. The summed E-state index contributed by atoms with van der Waals surface area (Å²) in [5.41, 5.74) is 5.45. The lowest BCUT2D eigenvalue weighted by molar-refractivity contribution is -0.383. The quantitative estimate of drug-likeness (QED) is 0.508. The van der Waals surface area contributed by atoms with Crippen LogP contribution in [-0.4, -0.2) is 22.8 Å². The molecule has 1 aromatic carbocycles. The number of halogens is 3. The van der Waals surface area contributed by atoms with Gasteiger partial charge in [-0.25, -0.2) is 0 Å². The molecule has 1 aromatic heterocycles. The smallest absolute Gasteiger partial charge is 0.448 e. The Morgan fingerprint density at radius 2 is 2.11 bits per heavy atom. The molecule has 0 aliphatic carbocycles. The minimum absolute atomic E-state index is 0.171. The molecule has 0 bridgehead atoms. The van der Waals surface area contributed by atoms with Crippen LogP contribution in [0.3, 0.4) is 0 Å². The van der Waals surface area contributed by atoms with Crippen molar-refractivity contribution in [3.8, 4) is 0 Å². The number of rotatable bonds is 4. The first-order valence-corrected chi connectivity index (χ1v) is 5.49. The second-order valence-electron chi connectivity index (χ2n) is 4.26. The number of aromatic nitrogens is 1. The monoisotopic (exact) mass is 272 g/mol. The van der Waals surface area contributed by atoms with Crippen molar-refractivity contribution in [3.05, 3.63) is 40.1 Å². The SMILES string of the molecule is NC(Cc1c[nH]c2c([N+](=O)[O-])cccc12)[B-](F)(F)F. The first kappa shape index (κ1) is 13.4. The number of nitro benzene ring substituents is 1. The molecule has 2 rings (SSSR count). The van der Waals surface area contributed by atoms with Crippen molar-refractivity contribution < 1.29 is 17.9 Å². The third-order valence-electron chi connectivity index (χ3n) is 2.92. The van der Waals surface area contributed by atoms with Crippen molar-refractivity contribution >= 4 is 23.6 Å². The molecule has 1 atom stereocenters. The number of hydrogen-bond acceptors (Lipinski definition) is 3. The van der Waals surface area contributed by atoms with Crippen LogP contribution >= 0.6 is 0 Å². The summed E-state index contributed by atoms with van der Waals surface area (Å²) >= 11 is 0. The maximum atomic E-state index is 12.5. The molecule has 0 aliphatic rings. The second-order valence-corrected chi connectivity index (χ2v) is 4.26. The molecule has 0 fully saturated rings. The molecule has 2 aromatic rings. The molecule has 9 heteroatoms. The lowest BCUT2D eigenvalue weighted by Crippen LogP contribution is -2.44. The van der Waals surface area contributed by atoms with Crippen molar-refractivity contribution in [3.63, 3.8) is 0 Å². The third-order valence-corrected chi connectivity index (χ3v) is 2.92. The maximum absolute atomic E-state index is 12.5. The van der Waals surface area contributed by atoms with E-state index in [1.165, 1.54) is 24.4 Å². The van der Waals surface area contributed by atoms with Gasteiger partial charge in [0, 0.05) is 17.6 Å². The van der Waals surface area contributed by atoms with Crippen LogP contribution < -0.4 is 5.73 Å². The highest BCUT2D eigenvalue weighted by Crippen LogP contribution is 2.28. The molecule has 5 nitrogen and oxygen atoms in total. The van der Waals surface area contributed by atoms with Gasteiger partial charge >= 0.3 is 6.98 Å². The largest absolute Gasteiger partial charge is 0.494 e. The molecular weight excluding hydrogens is 262 g/mol. The Morgan fingerprint density at radius 1 is 1.42 bits per heavy atom. The Morgan fingerprint density at radius 3 is 2.68 bits per heavy atom. The number of nitro groups is 1. The van der Waals surface area contributed by atoms with Crippen LogP contribution in [0.25, 0.3) is 10.9 Å². The van der Waals surface area contributed by atoms with E-state index in [1.807, 2.05) is 0 Å². The van der Waals surface area contributed by atoms with E-state index in [4.69, 9.17) is 5.73 Å². The summed E-state index contributed by atoms with van der Waals surface area (Å²) < 4.78 is 37.4. The molecule has 1 unspecified atom stereocenters. The number of aromatic amines is 1. The van der Waals surface area contributed by atoms with Gasteiger partial charge in [0.15, 0.2) is 0 Å². The molecule has 0 radical (unpaired) electrons. The van der Waals surface area contributed by atoms with Crippen LogP contribution in [0.4, 0.5) is 18.6 Å². The Labute approximate surface area is 105 Å². The third kappa shape index (κ3) is 2.55. The summed E-state index contributed by atoms with van der Waals surface area (Å²) in [5, 5.41) is 11.2. The Bertz CT molecular complexity index is 626. The van der Waals surface area contributed by atoms with E-state index in [9.17, 15) is 23.1 Å². The zero-order valence-corrected chi connectivity index (χ0v) is 9.65. The number of hydrogen-bond donors (Lipinski definition) is 2. The summed E-state index contributed by atoms with van der Waals surface area (Å²) in [5.74, 6) is -1.93. The lowest BCUT2D eigenvalue weighted by Gasteiger charge is -2.22. The van der Waals surface area contributed by atoms with Gasteiger partial charge in [-0.3, -0.25) is 10.1 Å². The van der Waals surface area contributed by atoms with Crippen molar-refractivity contribution in [1.29, 1.82) is 0 Å². The average Bonchev–Trinajstić information content (AvgIpc) is 2.71. The van der Waals surface area contributed by atoms with Crippen LogP contribution in [0.1, 0.15) is 5.56 Å². The maximum Gasteiger partial charge on any atom is 0.494 e. The zero-order chi connectivity index (χ0) is 14.2. The van der Waals surface area contributed by atoms with Crippen molar-refractivity contribution in [2.24, 2.45) is 5.73 Å². The van der Waals surface area contributed by atoms with Crippen molar-refractivity contribution in [2.75, 3.05) is 0 Å². The number of nitrogens with zero attached hydrogens (tertiary/aromatic N) is 1. The predicted molar refractivity (Wildman–Crippen MR) is 65.7 cm³/mol. The summed E-state index contributed by atoms with van der Waals surface area (Å²) in [6.45, 7) is -5.13. The highest BCUT2D eigenvalue weighted by Gasteiger charge is 2.32. The van der Waals surface area contributed by atoms with Gasteiger partial charge in [-0.2, -0.15) is 0 Å². The normalized spacial score (nSPS) is 13.7.